The lowest BCUT2D eigenvalue weighted by atomic mass is 9.96. The number of nitrogens with one attached hydrogen (secondary N) is 2. The highest BCUT2D eigenvalue weighted by Gasteiger charge is 2.33. The van der Waals surface area contributed by atoms with Gasteiger partial charge < -0.3 is 21.5 Å². The van der Waals surface area contributed by atoms with E-state index in [1.54, 1.807) is 0 Å². The summed E-state index contributed by atoms with van der Waals surface area (Å²) >= 11 is 0. The monoisotopic (exact) mass is 275 g/mol. The molecular formula is C15H21N3O2. The first-order chi connectivity index (χ1) is 9.62. The van der Waals surface area contributed by atoms with Gasteiger partial charge in [0.05, 0.1) is 23.5 Å². The van der Waals surface area contributed by atoms with E-state index in [1.807, 2.05) is 12.1 Å². The lowest BCUT2D eigenvalue weighted by Crippen LogP contribution is -2.39. The molecule has 0 spiro atoms. The van der Waals surface area contributed by atoms with Gasteiger partial charge in [-0.2, -0.15) is 0 Å². The van der Waals surface area contributed by atoms with Crippen molar-refractivity contribution in [2.75, 3.05) is 23.0 Å². The van der Waals surface area contributed by atoms with E-state index in [4.69, 9.17) is 5.73 Å². The van der Waals surface area contributed by atoms with Crippen LogP contribution in [0.1, 0.15) is 37.7 Å². The van der Waals surface area contributed by atoms with Gasteiger partial charge in [-0.05, 0) is 37.0 Å². The van der Waals surface area contributed by atoms with Crippen LogP contribution in [0.25, 0.3) is 0 Å². The van der Waals surface area contributed by atoms with Crippen LogP contribution in [0, 0.1) is 0 Å². The van der Waals surface area contributed by atoms with Crippen LogP contribution in [-0.2, 0) is 11.2 Å². The third-order valence-corrected chi connectivity index (χ3v) is 4.43. The number of carbonyl (C=O) groups excluding carboxylic acids is 1. The molecule has 1 saturated carbocycles. The maximum atomic E-state index is 11.5. The third kappa shape index (κ3) is 2.33. The second kappa shape index (κ2) is 4.98. The summed E-state index contributed by atoms with van der Waals surface area (Å²) in [4.78, 5) is 11.5. The number of aryl methyl sites for hydroxylation is 1. The number of carbonyl (C=O) groups is 1. The number of nitrogen functional groups attached to an aromatic ring is 1. The number of hydrogen-bond donors (Lipinski definition) is 4. The summed E-state index contributed by atoms with van der Waals surface area (Å²) in [5.41, 5.74) is 9.26. The first-order valence-electron chi connectivity index (χ1n) is 7.23. The fourth-order valence-electron chi connectivity index (χ4n) is 3.22. The molecule has 1 aromatic carbocycles. The molecule has 5 N–H and O–H groups in total. The van der Waals surface area contributed by atoms with E-state index in [1.165, 1.54) is 0 Å². The second-order valence-electron chi connectivity index (χ2n) is 5.92. The Morgan fingerprint density at radius 3 is 2.75 bits per heavy atom. The summed E-state index contributed by atoms with van der Waals surface area (Å²) in [6, 6.07) is 3.83. The van der Waals surface area contributed by atoms with Crippen molar-refractivity contribution < 1.29 is 9.90 Å². The van der Waals surface area contributed by atoms with Gasteiger partial charge >= 0.3 is 0 Å². The molecule has 5 nitrogen and oxygen atoms in total. The lowest BCUT2D eigenvalue weighted by Gasteiger charge is -2.31. The Kier molecular flexibility index (Phi) is 3.30. The molecule has 0 unspecified atom stereocenters. The maximum Gasteiger partial charge on any atom is 0.224 e. The Morgan fingerprint density at radius 1 is 1.30 bits per heavy atom. The normalized spacial score (nSPS) is 20.4. The van der Waals surface area contributed by atoms with E-state index in [0.29, 0.717) is 12.1 Å². The first kappa shape index (κ1) is 13.2. The van der Waals surface area contributed by atoms with Gasteiger partial charge in [0.15, 0.2) is 0 Å². The second-order valence-corrected chi connectivity index (χ2v) is 5.92. The average molecular weight is 275 g/mol. The minimum atomic E-state index is -0.263. The lowest BCUT2D eigenvalue weighted by molar-refractivity contribution is -0.116. The molecule has 1 fully saturated rings. The molecule has 0 radical (unpaired) electrons. The number of aliphatic hydroxyl groups is 1. The molecular weight excluding hydrogens is 254 g/mol. The highest BCUT2D eigenvalue weighted by atomic mass is 16.3. The van der Waals surface area contributed by atoms with Gasteiger partial charge in [-0.25, -0.2) is 0 Å². The molecule has 1 aliphatic heterocycles. The molecule has 2 aliphatic rings. The van der Waals surface area contributed by atoms with Gasteiger partial charge in [0.2, 0.25) is 5.91 Å². The van der Waals surface area contributed by atoms with Gasteiger partial charge in [-0.15, -0.1) is 0 Å². The molecule has 1 amide bonds. The molecule has 1 aromatic rings. The molecule has 1 aliphatic carbocycles. The van der Waals surface area contributed by atoms with Crippen molar-refractivity contribution in [3.63, 3.8) is 0 Å². The Hall–Kier alpha value is -1.75. The number of fused-ring (bicyclic) bond motifs is 1. The van der Waals surface area contributed by atoms with E-state index in [-0.39, 0.29) is 18.1 Å². The van der Waals surface area contributed by atoms with Gasteiger partial charge in [0, 0.05) is 12.1 Å². The number of aliphatic hydroxyl groups excluding tert-OH is 1. The summed E-state index contributed by atoms with van der Waals surface area (Å²) in [5.74, 6) is 0.0472. The van der Waals surface area contributed by atoms with E-state index >= 15 is 0 Å². The highest BCUT2D eigenvalue weighted by Crippen LogP contribution is 2.37. The summed E-state index contributed by atoms with van der Waals surface area (Å²) in [7, 11) is 0. The molecule has 0 saturated heterocycles. The summed E-state index contributed by atoms with van der Waals surface area (Å²) in [5, 5.41) is 16.0. The van der Waals surface area contributed by atoms with E-state index in [0.717, 1.165) is 49.0 Å². The molecule has 20 heavy (non-hydrogen) atoms. The van der Waals surface area contributed by atoms with Crippen LogP contribution < -0.4 is 16.4 Å². The van der Waals surface area contributed by atoms with Crippen molar-refractivity contribution in [1.82, 2.24) is 0 Å². The Labute approximate surface area is 118 Å². The Bertz CT molecular complexity index is 536. The molecule has 1 heterocycles. The number of amides is 1. The maximum absolute atomic E-state index is 11.5. The fourth-order valence-corrected chi connectivity index (χ4v) is 3.22. The number of anilines is 3. The number of hydrogen-bond acceptors (Lipinski definition) is 4. The first-order valence-corrected chi connectivity index (χ1v) is 7.23. The molecule has 0 aromatic heterocycles. The Balaban J connectivity index is 1.90. The van der Waals surface area contributed by atoms with Crippen molar-refractivity contribution in [3.05, 3.63) is 17.7 Å². The topological polar surface area (TPSA) is 87.4 Å². The van der Waals surface area contributed by atoms with Gasteiger partial charge in [-0.3, -0.25) is 4.79 Å². The van der Waals surface area contributed by atoms with Crippen molar-refractivity contribution >= 4 is 23.0 Å². The van der Waals surface area contributed by atoms with E-state index < -0.39 is 0 Å². The van der Waals surface area contributed by atoms with Crippen LogP contribution in [0.3, 0.4) is 0 Å². The number of rotatable bonds is 3. The zero-order chi connectivity index (χ0) is 14.2. The van der Waals surface area contributed by atoms with Crippen LogP contribution in [0.15, 0.2) is 12.1 Å². The van der Waals surface area contributed by atoms with Gasteiger partial charge in [0.25, 0.3) is 0 Å². The smallest absolute Gasteiger partial charge is 0.224 e. The standard InChI is InChI=1S/C15H21N3O2/c16-11-7-10-3-4-14(20)17-12(10)8-13(11)18-15(9-19)5-1-2-6-15/h7-8,18-19H,1-6,9,16H2,(H,17,20). The van der Waals surface area contributed by atoms with Gasteiger partial charge in [0.1, 0.15) is 0 Å². The number of benzene rings is 1. The number of nitrogens with two attached hydrogens (primary N) is 1. The van der Waals surface area contributed by atoms with Crippen molar-refractivity contribution in [3.8, 4) is 0 Å². The SMILES string of the molecule is Nc1cc2c(cc1NC1(CO)CCCC1)NC(=O)CC2. The van der Waals surface area contributed by atoms with Crippen molar-refractivity contribution in [2.24, 2.45) is 0 Å². The minimum Gasteiger partial charge on any atom is -0.397 e. The fraction of sp³-hybridized carbons (Fsp3) is 0.533. The van der Waals surface area contributed by atoms with E-state index in [9.17, 15) is 9.90 Å². The average Bonchev–Trinajstić information content (AvgIpc) is 2.89. The zero-order valence-corrected chi connectivity index (χ0v) is 11.5. The van der Waals surface area contributed by atoms with E-state index in [2.05, 4.69) is 10.6 Å². The summed E-state index contributed by atoms with van der Waals surface area (Å²) in [6.45, 7) is 0.107. The zero-order valence-electron chi connectivity index (χ0n) is 11.5. The van der Waals surface area contributed by atoms with Crippen LogP contribution in [0.2, 0.25) is 0 Å². The summed E-state index contributed by atoms with van der Waals surface area (Å²) < 4.78 is 0. The van der Waals surface area contributed by atoms with Crippen LogP contribution in [0.5, 0.6) is 0 Å². The summed E-state index contributed by atoms with van der Waals surface area (Å²) in [6.07, 6.45) is 5.39. The molecule has 0 bridgehead atoms. The highest BCUT2D eigenvalue weighted by molar-refractivity contribution is 5.95. The quantitative estimate of drug-likeness (QED) is 0.634. The predicted octanol–water partition coefficient (Wildman–Crippen LogP) is 1.87. The molecule has 5 heteroatoms. The minimum absolute atomic E-state index is 0.0472. The van der Waals surface area contributed by atoms with Crippen LogP contribution in [-0.4, -0.2) is 23.2 Å². The molecule has 0 atom stereocenters. The van der Waals surface area contributed by atoms with Crippen LogP contribution >= 0.6 is 0 Å². The van der Waals surface area contributed by atoms with Crippen LogP contribution in [0.4, 0.5) is 17.1 Å². The Morgan fingerprint density at radius 2 is 2.05 bits per heavy atom. The largest absolute Gasteiger partial charge is 0.397 e. The van der Waals surface area contributed by atoms with Crippen molar-refractivity contribution in [2.45, 2.75) is 44.1 Å². The van der Waals surface area contributed by atoms with Crippen molar-refractivity contribution in [1.29, 1.82) is 0 Å². The van der Waals surface area contributed by atoms with Gasteiger partial charge in [-0.1, -0.05) is 12.8 Å². The molecule has 3 rings (SSSR count). The molecule has 108 valence electrons. The third-order valence-electron chi connectivity index (χ3n) is 4.43. The predicted molar refractivity (Wildman–Crippen MR) is 79.7 cm³/mol.